The predicted molar refractivity (Wildman–Crippen MR) is 103 cm³/mol. The van der Waals surface area contributed by atoms with Gasteiger partial charge in [0.15, 0.2) is 0 Å². The van der Waals surface area contributed by atoms with Crippen LogP contribution in [0.2, 0.25) is 5.02 Å². The molecule has 1 unspecified atom stereocenters. The van der Waals surface area contributed by atoms with Crippen molar-refractivity contribution < 1.29 is 14.4 Å². The van der Waals surface area contributed by atoms with E-state index in [9.17, 15) is 14.4 Å². The number of urea groups is 1. The third kappa shape index (κ3) is 4.26. The van der Waals surface area contributed by atoms with Gasteiger partial charge in [-0.1, -0.05) is 49.9 Å². The van der Waals surface area contributed by atoms with Crippen LogP contribution in [-0.2, 0) is 9.59 Å². The van der Waals surface area contributed by atoms with Gasteiger partial charge in [0.25, 0.3) is 5.91 Å². The van der Waals surface area contributed by atoms with Gasteiger partial charge in [0, 0.05) is 18.0 Å². The minimum atomic E-state index is -0.738. The van der Waals surface area contributed by atoms with Crippen molar-refractivity contribution in [1.82, 2.24) is 15.5 Å². The first-order chi connectivity index (χ1) is 12.9. The van der Waals surface area contributed by atoms with Gasteiger partial charge in [-0.25, -0.2) is 4.79 Å². The van der Waals surface area contributed by atoms with Gasteiger partial charge in [-0.05, 0) is 37.0 Å². The van der Waals surface area contributed by atoms with E-state index in [0.29, 0.717) is 17.9 Å². The summed E-state index contributed by atoms with van der Waals surface area (Å²) >= 11 is 6.03. The maximum atomic E-state index is 12.7. The quantitative estimate of drug-likeness (QED) is 0.728. The SMILES string of the molecule is CCC(NC(=O)CCN1C(=O)NC2(CCCCC2)C1=O)c1cccc(Cl)c1. The van der Waals surface area contributed by atoms with Crippen LogP contribution in [0, 0.1) is 0 Å². The van der Waals surface area contributed by atoms with Crippen LogP contribution in [0.5, 0.6) is 0 Å². The number of amides is 4. The van der Waals surface area contributed by atoms with E-state index in [0.717, 1.165) is 31.2 Å². The van der Waals surface area contributed by atoms with Gasteiger partial charge in [0.05, 0.1) is 6.04 Å². The lowest BCUT2D eigenvalue weighted by Gasteiger charge is -2.30. The number of hydrogen-bond acceptors (Lipinski definition) is 3. The van der Waals surface area contributed by atoms with Gasteiger partial charge in [-0.3, -0.25) is 14.5 Å². The number of carbonyl (C=O) groups is 3. The molecule has 1 spiro atoms. The van der Waals surface area contributed by atoms with Crippen molar-refractivity contribution in [3.8, 4) is 0 Å². The Morgan fingerprint density at radius 1 is 1.30 bits per heavy atom. The number of nitrogens with zero attached hydrogens (tertiary/aromatic N) is 1. The fraction of sp³-hybridized carbons (Fsp3) is 0.550. The molecule has 0 bridgehead atoms. The van der Waals surface area contributed by atoms with Crippen LogP contribution in [0.1, 0.15) is 63.5 Å². The van der Waals surface area contributed by atoms with Crippen LogP contribution in [0.3, 0.4) is 0 Å². The molecule has 2 aliphatic rings. The first-order valence-corrected chi connectivity index (χ1v) is 10.0. The number of imide groups is 1. The summed E-state index contributed by atoms with van der Waals surface area (Å²) in [5.74, 6) is -0.367. The second-order valence-corrected chi connectivity index (χ2v) is 7.80. The second-order valence-electron chi connectivity index (χ2n) is 7.36. The molecule has 1 saturated carbocycles. The van der Waals surface area contributed by atoms with Crippen LogP contribution < -0.4 is 10.6 Å². The number of nitrogens with one attached hydrogen (secondary N) is 2. The summed E-state index contributed by atoms with van der Waals surface area (Å²) in [4.78, 5) is 38.6. The minimum absolute atomic E-state index is 0.0896. The second kappa shape index (κ2) is 8.30. The molecule has 1 heterocycles. The largest absolute Gasteiger partial charge is 0.349 e. The molecular formula is C20H26ClN3O3. The van der Waals surface area contributed by atoms with Gasteiger partial charge >= 0.3 is 6.03 Å². The summed E-state index contributed by atoms with van der Waals surface area (Å²) in [7, 11) is 0. The Morgan fingerprint density at radius 3 is 2.70 bits per heavy atom. The normalized spacial score (nSPS) is 19.9. The molecule has 0 radical (unpaired) electrons. The Hall–Kier alpha value is -2.08. The van der Waals surface area contributed by atoms with Crippen LogP contribution in [0.15, 0.2) is 24.3 Å². The Morgan fingerprint density at radius 2 is 2.04 bits per heavy atom. The monoisotopic (exact) mass is 391 g/mol. The van der Waals surface area contributed by atoms with Gasteiger partial charge in [0.1, 0.15) is 5.54 Å². The Labute approximate surface area is 164 Å². The highest BCUT2D eigenvalue weighted by Gasteiger charge is 2.51. The molecule has 146 valence electrons. The van der Waals surface area contributed by atoms with E-state index in [-0.39, 0.29) is 36.9 Å². The third-order valence-electron chi connectivity index (χ3n) is 5.51. The lowest BCUT2D eigenvalue weighted by molar-refractivity contribution is -0.132. The zero-order chi connectivity index (χ0) is 19.4. The maximum absolute atomic E-state index is 12.7. The molecular weight excluding hydrogens is 366 g/mol. The first kappa shape index (κ1) is 19.7. The molecule has 3 rings (SSSR count). The Bertz CT molecular complexity index is 731. The zero-order valence-corrected chi connectivity index (χ0v) is 16.3. The highest BCUT2D eigenvalue weighted by Crippen LogP contribution is 2.33. The summed E-state index contributed by atoms with van der Waals surface area (Å²) in [6, 6.07) is 6.87. The van der Waals surface area contributed by atoms with Crippen LogP contribution in [0.25, 0.3) is 0 Å². The molecule has 1 atom stereocenters. The number of carbonyl (C=O) groups excluding carboxylic acids is 3. The number of hydrogen-bond donors (Lipinski definition) is 2. The fourth-order valence-corrected chi connectivity index (χ4v) is 4.20. The Balaban J connectivity index is 1.57. The molecule has 1 saturated heterocycles. The Kier molecular flexibility index (Phi) is 6.05. The van der Waals surface area contributed by atoms with E-state index in [4.69, 9.17) is 11.6 Å². The van der Waals surface area contributed by atoms with E-state index in [1.165, 1.54) is 4.90 Å². The molecule has 27 heavy (non-hydrogen) atoms. The van der Waals surface area contributed by atoms with Crippen LogP contribution in [-0.4, -0.2) is 34.8 Å². The first-order valence-electron chi connectivity index (χ1n) is 9.64. The predicted octanol–water partition coefficient (Wildman–Crippen LogP) is 3.55. The molecule has 1 aliphatic heterocycles. The standard InChI is InChI=1S/C20H26ClN3O3/c1-2-16(14-7-6-8-15(21)13-14)22-17(25)9-12-24-18(26)20(23-19(24)27)10-4-3-5-11-20/h6-8,13,16H,2-5,9-12H2,1H3,(H,22,25)(H,23,27). The number of benzene rings is 1. The van der Waals surface area contributed by atoms with Gasteiger partial charge < -0.3 is 10.6 Å². The summed E-state index contributed by atoms with van der Waals surface area (Å²) in [6.45, 7) is 2.08. The van der Waals surface area contributed by atoms with Gasteiger partial charge in [-0.15, -0.1) is 0 Å². The molecule has 2 N–H and O–H groups in total. The molecule has 7 heteroatoms. The summed E-state index contributed by atoms with van der Waals surface area (Å²) in [6.07, 6.45) is 5.16. The molecule has 6 nitrogen and oxygen atoms in total. The minimum Gasteiger partial charge on any atom is -0.349 e. The topological polar surface area (TPSA) is 78.5 Å². The molecule has 1 aliphatic carbocycles. The van der Waals surface area contributed by atoms with Crippen molar-refractivity contribution in [2.24, 2.45) is 0 Å². The smallest absolute Gasteiger partial charge is 0.325 e. The average Bonchev–Trinajstić information content (AvgIpc) is 2.88. The molecule has 1 aromatic rings. The summed E-state index contributed by atoms with van der Waals surface area (Å²) in [5.41, 5.74) is 0.202. The van der Waals surface area contributed by atoms with E-state index < -0.39 is 5.54 Å². The third-order valence-corrected chi connectivity index (χ3v) is 5.75. The van der Waals surface area contributed by atoms with E-state index in [2.05, 4.69) is 10.6 Å². The van der Waals surface area contributed by atoms with Crippen molar-refractivity contribution in [1.29, 1.82) is 0 Å². The average molecular weight is 392 g/mol. The van der Waals surface area contributed by atoms with Crippen molar-refractivity contribution in [2.45, 2.75) is 63.5 Å². The summed E-state index contributed by atoms with van der Waals surface area (Å²) < 4.78 is 0. The van der Waals surface area contributed by atoms with E-state index >= 15 is 0 Å². The zero-order valence-electron chi connectivity index (χ0n) is 15.6. The molecule has 0 aromatic heterocycles. The van der Waals surface area contributed by atoms with Crippen molar-refractivity contribution >= 4 is 29.4 Å². The van der Waals surface area contributed by atoms with Crippen molar-refractivity contribution in [3.63, 3.8) is 0 Å². The van der Waals surface area contributed by atoms with Crippen molar-refractivity contribution in [2.75, 3.05) is 6.54 Å². The van der Waals surface area contributed by atoms with Gasteiger partial charge in [0.2, 0.25) is 5.91 Å². The number of rotatable bonds is 6. The lowest BCUT2D eigenvalue weighted by Crippen LogP contribution is -2.48. The molecule has 1 aromatic carbocycles. The highest BCUT2D eigenvalue weighted by atomic mass is 35.5. The molecule has 2 fully saturated rings. The van der Waals surface area contributed by atoms with Crippen LogP contribution >= 0.6 is 11.6 Å². The van der Waals surface area contributed by atoms with E-state index in [1.54, 1.807) is 6.07 Å². The fourth-order valence-electron chi connectivity index (χ4n) is 4.00. The lowest BCUT2D eigenvalue weighted by atomic mass is 9.82. The van der Waals surface area contributed by atoms with E-state index in [1.807, 2.05) is 25.1 Å². The maximum Gasteiger partial charge on any atom is 0.325 e. The van der Waals surface area contributed by atoms with Crippen molar-refractivity contribution in [3.05, 3.63) is 34.9 Å². The molecule has 4 amide bonds. The summed E-state index contributed by atoms with van der Waals surface area (Å²) in [5, 5.41) is 6.46. The highest BCUT2D eigenvalue weighted by molar-refractivity contribution is 6.30. The van der Waals surface area contributed by atoms with Gasteiger partial charge in [-0.2, -0.15) is 0 Å². The van der Waals surface area contributed by atoms with Crippen LogP contribution in [0.4, 0.5) is 4.79 Å². The number of halogens is 1.